The topological polar surface area (TPSA) is 87.7 Å². The predicted octanol–water partition coefficient (Wildman–Crippen LogP) is 2.64. The molecule has 31 heavy (non-hydrogen) atoms. The summed E-state index contributed by atoms with van der Waals surface area (Å²) in [5.74, 6) is -0.218. The fourth-order valence-electron chi connectivity index (χ4n) is 3.41. The quantitative estimate of drug-likeness (QED) is 0.774. The lowest BCUT2D eigenvalue weighted by Crippen LogP contribution is -2.50. The third kappa shape index (κ3) is 5.23. The zero-order chi connectivity index (χ0) is 22.6. The van der Waals surface area contributed by atoms with E-state index in [0.717, 1.165) is 5.56 Å². The highest BCUT2D eigenvalue weighted by atomic mass is 16.5. The number of para-hydroxylation sites is 2. The first-order valence-electron chi connectivity index (χ1n) is 10.4. The first kappa shape index (κ1) is 22.3. The van der Waals surface area contributed by atoms with Gasteiger partial charge in [0.05, 0.1) is 12.2 Å². The molecule has 0 radical (unpaired) electrons. The number of hydrogen-bond acceptors (Lipinski definition) is 4. The second-order valence-electron chi connectivity index (χ2n) is 8.53. The number of amides is 3. The van der Waals surface area contributed by atoms with Gasteiger partial charge in [-0.15, -0.1) is 0 Å². The SMILES string of the molecule is CNC(=O)[C@@H]1CN(C(=O)CCNC(=O)c2ccc(C(C)(C)C)cc2)c2ccccc2O1. The van der Waals surface area contributed by atoms with E-state index >= 15 is 0 Å². The normalized spacial score (nSPS) is 15.5. The lowest BCUT2D eigenvalue weighted by molar-refractivity contribution is -0.127. The van der Waals surface area contributed by atoms with E-state index in [1.165, 1.54) is 7.05 Å². The minimum atomic E-state index is -0.778. The lowest BCUT2D eigenvalue weighted by atomic mass is 9.87. The zero-order valence-electron chi connectivity index (χ0n) is 18.4. The van der Waals surface area contributed by atoms with E-state index in [2.05, 4.69) is 31.4 Å². The Morgan fingerprint density at radius 1 is 1.06 bits per heavy atom. The highest BCUT2D eigenvalue weighted by Crippen LogP contribution is 2.33. The van der Waals surface area contributed by atoms with Crippen molar-refractivity contribution >= 4 is 23.4 Å². The molecule has 1 aliphatic heterocycles. The summed E-state index contributed by atoms with van der Waals surface area (Å²) in [6.07, 6.45) is -0.666. The Morgan fingerprint density at radius 2 is 1.74 bits per heavy atom. The van der Waals surface area contributed by atoms with E-state index in [1.54, 1.807) is 35.2 Å². The van der Waals surface area contributed by atoms with E-state index < -0.39 is 6.10 Å². The van der Waals surface area contributed by atoms with Gasteiger partial charge in [0.15, 0.2) is 6.10 Å². The van der Waals surface area contributed by atoms with E-state index in [9.17, 15) is 14.4 Å². The average molecular weight is 424 g/mol. The Labute approximate surface area is 182 Å². The van der Waals surface area contributed by atoms with Crippen LogP contribution in [0.5, 0.6) is 5.75 Å². The van der Waals surface area contributed by atoms with Crippen LogP contribution in [0.2, 0.25) is 0 Å². The molecule has 0 fully saturated rings. The summed E-state index contributed by atoms with van der Waals surface area (Å²) in [6, 6.07) is 14.6. The number of ether oxygens (including phenoxy) is 1. The van der Waals surface area contributed by atoms with E-state index in [1.807, 2.05) is 18.2 Å². The lowest BCUT2D eigenvalue weighted by Gasteiger charge is -2.34. The van der Waals surface area contributed by atoms with Gasteiger partial charge in [0.2, 0.25) is 5.91 Å². The summed E-state index contributed by atoms with van der Waals surface area (Å²) in [5.41, 5.74) is 2.34. The van der Waals surface area contributed by atoms with Gasteiger partial charge in [0.1, 0.15) is 5.75 Å². The van der Waals surface area contributed by atoms with Gasteiger partial charge in [-0.05, 0) is 35.2 Å². The molecule has 0 spiro atoms. The van der Waals surface area contributed by atoms with Crippen LogP contribution in [-0.4, -0.2) is 44.0 Å². The number of nitrogens with zero attached hydrogens (tertiary/aromatic N) is 1. The van der Waals surface area contributed by atoms with Gasteiger partial charge in [0.25, 0.3) is 11.8 Å². The molecule has 1 aliphatic rings. The van der Waals surface area contributed by atoms with Crippen LogP contribution in [0.3, 0.4) is 0 Å². The Hall–Kier alpha value is -3.35. The molecule has 1 heterocycles. The van der Waals surface area contributed by atoms with Crippen LogP contribution in [0.1, 0.15) is 43.1 Å². The number of carbonyl (C=O) groups is 3. The van der Waals surface area contributed by atoms with Gasteiger partial charge >= 0.3 is 0 Å². The summed E-state index contributed by atoms with van der Waals surface area (Å²) in [5, 5.41) is 5.35. The summed E-state index contributed by atoms with van der Waals surface area (Å²) >= 11 is 0. The van der Waals surface area contributed by atoms with Crippen molar-refractivity contribution in [1.82, 2.24) is 10.6 Å². The van der Waals surface area contributed by atoms with Crippen molar-refractivity contribution in [2.24, 2.45) is 0 Å². The standard InChI is InChI=1S/C24H29N3O4/c1-24(2,3)17-11-9-16(10-12-17)22(29)26-14-13-21(28)27-15-20(23(30)25-4)31-19-8-6-5-7-18(19)27/h5-12,20H,13-15H2,1-4H3,(H,25,30)(H,26,29)/t20-/m0/s1. The summed E-state index contributed by atoms with van der Waals surface area (Å²) in [4.78, 5) is 38.9. The van der Waals surface area contributed by atoms with Crippen molar-refractivity contribution < 1.29 is 19.1 Å². The van der Waals surface area contributed by atoms with Gasteiger partial charge in [-0.1, -0.05) is 45.0 Å². The van der Waals surface area contributed by atoms with Crippen LogP contribution in [0, 0.1) is 0 Å². The minimum Gasteiger partial charge on any atom is -0.477 e. The zero-order valence-corrected chi connectivity index (χ0v) is 18.4. The number of anilines is 1. The summed E-state index contributed by atoms with van der Waals surface area (Å²) in [6.45, 7) is 6.67. The molecule has 1 atom stereocenters. The van der Waals surface area contributed by atoms with Gasteiger partial charge in [0, 0.05) is 25.6 Å². The molecule has 164 valence electrons. The molecule has 3 rings (SSSR count). The summed E-state index contributed by atoms with van der Waals surface area (Å²) in [7, 11) is 1.53. The van der Waals surface area contributed by atoms with Crippen molar-refractivity contribution in [2.45, 2.75) is 38.7 Å². The maximum atomic E-state index is 12.9. The monoisotopic (exact) mass is 423 g/mol. The second kappa shape index (κ2) is 9.20. The molecule has 0 unspecified atom stereocenters. The molecule has 0 aliphatic carbocycles. The number of likely N-dealkylation sites (N-methyl/N-ethyl adjacent to an activating group) is 1. The Balaban J connectivity index is 1.61. The maximum absolute atomic E-state index is 12.9. The summed E-state index contributed by atoms with van der Waals surface area (Å²) < 4.78 is 5.72. The first-order valence-corrected chi connectivity index (χ1v) is 10.4. The number of rotatable bonds is 5. The Kier molecular flexibility index (Phi) is 6.63. The third-order valence-electron chi connectivity index (χ3n) is 5.25. The van der Waals surface area contributed by atoms with Crippen LogP contribution in [0.25, 0.3) is 0 Å². The fraction of sp³-hybridized carbons (Fsp3) is 0.375. The molecule has 3 amide bonds. The van der Waals surface area contributed by atoms with Crippen molar-refractivity contribution in [2.75, 3.05) is 25.0 Å². The Bertz CT molecular complexity index is 964. The number of carbonyl (C=O) groups excluding carboxylic acids is 3. The third-order valence-corrected chi connectivity index (χ3v) is 5.25. The van der Waals surface area contributed by atoms with Crippen molar-refractivity contribution in [3.05, 3.63) is 59.7 Å². The smallest absolute Gasteiger partial charge is 0.262 e. The van der Waals surface area contributed by atoms with Crippen molar-refractivity contribution in [3.8, 4) is 5.75 Å². The van der Waals surface area contributed by atoms with Crippen LogP contribution in [0.4, 0.5) is 5.69 Å². The van der Waals surface area contributed by atoms with Gasteiger partial charge in [-0.2, -0.15) is 0 Å². The number of fused-ring (bicyclic) bond motifs is 1. The minimum absolute atomic E-state index is 0.0163. The average Bonchev–Trinajstić information content (AvgIpc) is 2.77. The van der Waals surface area contributed by atoms with E-state index in [-0.39, 0.29) is 42.6 Å². The molecule has 0 saturated heterocycles. The molecule has 0 bridgehead atoms. The largest absolute Gasteiger partial charge is 0.477 e. The number of benzene rings is 2. The van der Waals surface area contributed by atoms with Crippen molar-refractivity contribution in [1.29, 1.82) is 0 Å². The van der Waals surface area contributed by atoms with Crippen LogP contribution in [-0.2, 0) is 15.0 Å². The molecule has 7 heteroatoms. The van der Waals surface area contributed by atoms with Crippen LogP contribution < -0.4 is 20.3 Å². The highest BCUT2D eigenvalue weighted by molar-refractivity contribution is 5.98. The molecule has 0 saturated carbocycles. The molecular weight excluding hydrogens is 394 g/mol. The van der Waals surface area contributed by atoms with Gasteiger partial charge in [-0.3, -0.25) is 14.4 Å². The fourth-order valence-corrected chi connectivity index (χ4v) is 3.41. The van der Waals surface area contributed by atoms with Crippen molar-refractivity contribution in [3.63, 3.8) is 0 Å². The van der Waals surface area contributed by atoms with Gasteiger partial charge in [-0.25, -0.2) is 0 Å². The second-order valence-corrected chi connectivity index (χ2v) is 8.53. The number of nitrogens with one attached hydrogen (secondary N) is 2. The highest BCUT2D eigenvalue weighted by Gasteiger charge is 2.33. The molecule has 2 aromatic carbocycles. The molecular formula is C24H29N3O4. The molecule has 7 nitrogen and oxygen atoms in total. The predicted molar refractivity (Wildman–Crippen MR) is 119 cm³/mol. The maximum Gasteiger partial charge on any atom is 0.262 e. The molecule has 0 aromatic heterocycles. The first-order chi connectivity index (χ1) is 14.7. The van der Waals surface area contributed by atoms with E-state index in [4.69, 9.17) is 4.74 Å². The van der Waals surface area contributed by atoms with Crippen LogP contribution >= 0.6 is 0 Å². The van der Waals surface area contributed by atoms with Crippen LogP contribution in [0.15, 0.2) is 48.5 Å². The van der Waals surface area contributed by atoms with E-state index in [0.29, 0.717) is 17.0 Å². The Morgan fingerprint density at radius 3 is 2.39 bits per heavy atom. The molecule has 2 aromatic rings. The molecule has 2 N–H and O–H groups in total. The van der Waals surface area contributed by atoms with Gasteiger partial charge < -0.3 is 20.3 Å². The number of hydrogen-bond donors (Lipinski definition) is 2.